The predicted molar refractivity (Wildman–Crippen MR) is 105 cm³/mol. The zero-order chi connectivity index (χ0) is 20.0. The number of rotatable bonds is 7. The Labute approximate surface area is 163 Å². The molecular weight excluding hydrogens is 368 g/mol. The second-order valence-electron chi connectivity index (χ2n) is 5.88. The predicted octanol–water partition coefficient (Wildman–Crippen LogP) is 4.49. The number of halogens is 1. The number of benzene rings is 2. The maximum Gasteiger partial charge on any atom is 0.331 e. The number of carbonyl (C=O) groups excluding carboxylic acids is 2. The van der Waals surface area contributed by atoms with Crippen molar-refractivity contribution in [2.24, 2.45) is 0 Å². The van der Waals surface area contributed by atoms with Crippen molar-refractivity contribution >= 4 is 29.4 Å². The van der Waals surface area contributed by atoms with Gasteiger partial charge in [-0.1, -0.05) is 41.4 Å². The largest absolute Gasteiger partial charge is 0.493 e. The van der Waals surface area contributed by atoms with Gasteiger partial charge in [0.2, 0.25) is 5.78 Å². The molecule has 0 fully saturated rings. The average Bonchev–Trinajstić information content (AvgIpc) is 2.65. The van der Waals surface area contributed by atoms with Gasteiger partial charge in [-0.15, -0.1) is 0 Å². The van der Waals surface area contributed by atoms with Crippen LogP contribution in [-0.4, -0.2) is 32.1 Å². The van der Waals surface area contributed by atoms with Gasteiger partial charge in [0.05, 0.1) is 19.2 Å². The van der Waals surface area contributed by atoms with Crippen LogP contribution in [-0.2, 0) is 9.53 Å². The van der Waals surface area contributed by atoms with Crippen LogP contribution in [0.2, 0.25) is 5.02 Å². The summed E-state index contributed by atoms with van der Waals surface area (Å²) in [5.41, 5.74) is 2.18. The fourth-order valence-electron chi connectivity index (χ4n) is 2.42. The smallest absolute Gasteiger partial charge is 0.331 e. The lowest BCUT2D eigenvalue weighted by Crippen LogP contribution is -2.23. The maximum absolute atomic E-state index is 12.3. The SMILES string of the molecule is COc1cc(/C=C/C(=O)O[C@H](C)C(=O)c2ccc(C)cc2)cc(Cl)c1OC. The molecule has 0 amide bonds. The van der Waals surface area contributed by atoms with Gasteiger partial charge in [0.15, 0.2) is 17.6 Å². The van der Waals surface area contributed by atoms with E-state index in [0.29, 0.717) is 27.6 Å². The molecule has 2 aromatic rings. The van der Waals surface area contributed by atoms with Crippen LogP contribution >= 0.6 is 11.6 Å². The Hall–Kier alpha value is -2.79. The Morgan fingerprint density at radius 1 is 1.07 bits per heavy atom. The number of esters is 1. The van der Waals surface area contributed by atoms with Gasteiger partial charge in [-0.3, -0.25) is 4.79 Å². The molecule has 27 heavy (non-hydrogen) atoms. The number of ether oxygens (including phenoxy) is 3. The van der Waals surface area contributed by atoms with Gasteiger partial charge >= 0.3 is 5.97 Å². The van der Waals surface area contributed by atoms with Crippen LogP contribution in [0.1, 0.15) is 28.4 Å². The zero-order valence-corrected chi connectivity index (χ0v) is 16.4. The van der Waals surface area contributed by atoms with E-state index in [1.165, 1.54) is 26.4 Å². The highest BCUT2D eigenvalue weighted by Gasteiger charge is 2.18. The lowest BCUT2D eigenvalue weighted by molar-refractivity contribution is -0.140. The third-order valence-electron chi connectivity index (χ3n) is 3.87. The van der Waals surface area contributed by atoms with E-state index in [9.17, 15) is 9.59 Å². The first-order valence-corrected chi connectivity index (χ1v) is 8.64. The van der Waals surface area contributed by atoms with E-state index in [2.05, 4.69) is 0 Å². The Bertz CT molecular complexity index is 856. The molecule has 0 saturated carbocycles. The van der Waals surface area contributed by atoms with Crippen LogP contribution in [0.5, 0.6) is 11.5 Å². The quantitative estimate of drug-likeness (QED) is 0.397. The molecule has 2 rings (SSSR count). The lowest BCUT2D eigenvalue weighted by Gasteiger charge is -2.11. The van der Waals surface area contributed by atoms with E-state index in [-0.39, 0.29) is 5.78 Å². The molecule has 0 aliphatic rings. The highest BCUT2D eigenvalue weighted by Crippen LogP contribution is 2.36. The summed E-state index contributed by atoms with van der Waals surface area (Å²) in [6.07, 6.45) is 1.87. The number of ketones is 1. The number of methoxy groups -OCH3 is 2. The summed E-state index contributed by atoms with van der Waals surface area (Å²) in [6.45, 7) is 3.48. The summed E-state index contributed by atoms with van der Waals surface area (Å²) < 4.78 is 15.6. The van der Waals surface area contributed by atoms with Gasteiger partial charge < -0.3 is 14.2 Å². The number of hydrogen-bond acceptors (Lipinski definition) is 5. The minimum atomic E-state index is -0.890. The fraction of sp³-hybridized carbons (Fsp3) is 0.238. The molecule has 6 heteroatoms. The molecule has 0 aliphatic carbocycles. The van der Waals surface area contributed by atoms with Gasteiger partial charge in [-0.05, 0) is 37.6 Å². The molecule has 0 unspecified atom stereocenters. The van der Waals surface area contributed by atoms with Crippen molar-refractivity contribution in [1.29, 1.82) is 0 Å². The fourth-order valence-corrected chi connectivity index (χ4v) is 2.71. The minimum absolute atomic E-state index is 0.258. The molecular formula is C21H21ClO5. The van der Waals surface area contributed by atoms with Crippen LogP contribution in [0.4, 0.5) is 0 Å². The van der Waals surface area contributed by atoms with Crippen LogP contribution < -0.4 is 9.47 Å². The van der Waals surface area contributed by atoms with E-state index in [4.69, 9.17) is 25.8 Å². The number of Topliss-reactive ketones (excluding diaryl/α,β-unsaturated/α-hetero) is 1. The molecule has 0 aliphatic heterocycles. The summed E-state index contributed by atoms with van der Waals surface area (Å²) in [6, 6.07) is 10.4. The number of aryl methyl sites for hydroxylation is 1. The van der Waals surface area contributed by atoms with Crippen molar-refractivity contribution < 1.29 is 23.8 Å². The van der Waals surface area contributed by atoms with Gasteiger partial charge in [-0.25, -0.2) is 4.79 Å². The molecule has 0 heterocycles. The Morgan fingerprint density at radius 3 is 2.33 bits per heavy atom. The first-order chi connectivity index (χ1) is 12.8. The Balaban J connectivity index is 2.05. The second kappa shape index (κ2) is 9.24. The van der Waals surface area contributed by atoms with E-state index < -0.39 is 12.1 Å². The highest BCUT2D eigenvalue weighted by molar-refractivity contribution is 6.32. The van der Waals surface area contributed by atoms with Gasteiger partial charge in [0.1, 0.15) is 0 Å². The first kappa shape index (κ1) is 20.5. The van der Waals surface area contributed by atoms with Crippen molar-refractivity contribution in [3.63, 3.8) is 0 Å². The average molecular weight is 389 g/mol. The van der Waals surface area contributed by atoms with Crippen molar-refractivity contribution in [2.75, 3.05) is 14.2 Å². The van der Waals surface area contributed by atoms with Gasteiger partial charge in [0, 0.05) is 11.6 Å². The van der Waals surface area contributed by atoms with E-state index in [1.807, 2.05) is 19.1 Å². The third-order valence-corrected chi connectivity index (χ3v) is 4.15. The standard InChI is InChI=1S/C21H21ClO5/c1-13-5-8-16(9-6-13)20(24)14(2)27-19(23)10-7-15-11-17(22)21(26-4)18(12-15)25-3/h5-12,14H,1-4H3/b10-7+/t14-/m1/s1. The topological polar surface area (TPSA) is 61.8 Å². The molecule has 0 N–H and O–H groups in total. The highest BCUT2D eigenvalue weighted by atomic mass is 35.5. The lowest BCUT2D eigenvalue weighted by atomic mass is 10.1. The molecule has 0 spiro atoms. The van der Waals surface area contributed by atoms with Crippen LogP contribution in [0.15, 0.2) is 42.5 Å². The van der Waals surface area contributed by atoms with E-state index >= 15 is 0 Å². The molecule has 0 aromatic heterocycles. The molecule has 2 aromatic carbocycles. The Morgan fingerprint density at radius 2 is 1.74 bits per heavy atom. The van der Waals surface area contributed by atoms with E-state index in [0.717, 1.165) is 5.56 Å². The molecule has 0 saturated heterocycles. The summed E-state index contributed by atoms with van der Waals surface area (Å²) in [7, 11) is 2.98. The number of hydrogen-bond donors (Lipinski definition) is 0. The van der Waals surface area contributed by atoms with Crippen molar-refractivity contribution in [2.45, 2.75) is 20.0 Å². The van der Waals surface area contributed by atoms with Gasteiger partial charge in [-0.2, -0.15) is 0 Å². The van der Waals surface area contributed by atoms with E-state index in [1.54, 1.807) is 31.2 Å². The molecule has 0 radical (unpaired) electrons. The van der Waals surface area contributed by atoms with Gasteiger partial charge in [0.25, 0.3) is 0 Å². The molecule has 1 atom stereocenters. The molecule has 142 valence electrons. The summed E-state index contributed by atoms with van der Waals surface area (Å²) in [4.78, 5) is 24.3. The minimum Gasteiger partial charge on any atom is -0.493 e. The number of carbonyl (C=O) groups is 2. The second-order valence-corrected chi connectivity index (χ2v) is 6.29. The van der Waals surface area contributed by atoms with Crippen molar-refractivity contribution in [3.05, 3.63) is 64.2 Å². The molecule has 0 bridgehead atoms. The molecule has 5 nitrogen and oxygen atoms in total. The van der Waals surface area contributed by atoms with Crippen LogP contribution in [0.3, 0.4) is 0 Å². The van der Waals surface area contributed by atoms with Crippen molar-refractivity contribution in [1.82, 2.24) is 0 Å². The maximum atomic E-state index is 12.3. The summed E-state index contributed by atoms with van der Waals surface area (Å²) in [5, 5.41) is 0.354. The Kier molecular flexibility index (Phi) is 7.02. The van der Waals surface area contributed by atoms with Crippen molar-refractivity contribution in [3.8, 4) is 11.5 Å². The summed E-state index contributed by atoms with van der Waals surface area (Å²) in [5.74, 6) is -0.0306. The van der Waals surface area contributed by atoms with Crippen LogP contribution in [0.25, 0.3) is 6.08 Å². The zero-order valence-electron chi connectivity index (χ0n) is 15.6. The first-order valence-electron chi connectivity index (χ1n) is 8.26. The monoisotopic (exact) mass is 388 g/mol. The summed E-state index contributed by atoms with van der Waals surface area (Å²) >= 11 is 6.13. The normalized spacial score (nSPS) is 11.9. The third kappa shape index (κ3) is 5.34. The van der Waals surface area contributed by atoms with Crippen LogP contribution in [0, 0.1) is 6.92 Å².